The minimum Gasteiger partial charge on any atom is -0.294 e. The molecule has 3 atom stereocenters. The fourth-order valence-corrected chi connectivity index (χ4v) is 4.80. The van der Waals surface area contributed by atoms with Crippen molar-refractivity contribution >= 4 is 34.7 Å². The quantitative estimate of drug-likeness (QED) is 0.603. The number of nitrogens with zero attached hydrogens (tertiary/aromatic N) is 2. The molecule has 5 heteroatoms. The Balaban J connectivity index is 1.83. The van der Waals surface area contributed by atoms with E-state index in [9.17, 15) is 10.1 Å². The van der Waals surface area contributed by atoms with E-state index in [0.717, 1.165) is 22.5 Å². The molecule has 4 rings (SSSR count). The summed E-state index contributed by atoms with van der Waals surface area (Å²) >= 11 is 12.5. The lowest BCUT2D eigenvalue weighted by molar-refractivity contribution is -0.116. The van der Waals surface area contributed by atoms with Crippen LogP contribution in [0.15, 0.2) is 64.8 Å². The summed E-state index contributed by atoms with van der Waals surface area (Å²) in [5, 5.41) is 10.8. The van der Waals surface area contributed by atoms with Crippen LogP contribution in [-0.4, -0.2) is 11.5 Å². The van der Waals surface area contributed by atoms with Crippen molar-refractivity contribution < 1.29 is 4.79 Å². The molecule has 0 aromatic heterocycles. The van der Waals surface area contributed by atoms with Gasteiger partial charge in [0.15, 0.2) is 5.78 Å². The number of rotatable bonds is 2. The first-order chi connectivity index (χ1) is 13.5. The third kappa shape index (κ3) is 3.28. The highest BCUT2D eigenvalue weighted by molar-refractivity contribution is 6.35. The van der Waals surface area contributed by atoms with Gasteiger partial charge in [0.05, 0.1) is 12.0 Å². The minimum absolute atomic E-state index is 0.0441. The summed E-state index contributed by atoms with van der Waals surface area (Å²) < 4.78 is 0. The smallest absolute Gasteiger partial charge is 0.161 e. The predicted molar refractivity (Wildman–Crippen MR) is 112 cm³/mol. The average Bonchev–Trinajstić information content (AvgIpc) is 2.67. The van der Waals surface area contributed by atoms with Crippen LogP contribution in [0.3, 0.4) is 0 Å². The Morgan fingerprint density at radius 1 is 1.11 bits per heavy atom. The summed E-state index contributed by atoms with van der Waals surface area (Å²) in [5.74, 6) is -0.785. The highest BCUT2D eigenvalue weighted by atomic mass is 35.5. The molecule has 1 heterocycles. The van der Waals surface area contributed by atoms with Crippen LogP contribution in [0.2, 0.25) is 10.0 Å². The average molecular weight is 409 g/mol. The zero-order valence-corrected chi connectivity index (χ0v) is 16.8. The zero-order chi connectivity index (χ0) is 19.8. The molecule has 0 N–H and O–H groups in total. The van der Waals surface area contributed by atoms with Crippen molar-refractivity contribution in [3.63, 3.8) is 0 Å². The number of ketones is 1. The van der Waals surface area contributed by atoms with Crippen LogP contribution in [-0.2, 0) is 4.79 Å². The van der Waals surface area contributed by atoms with Gasteiger partial charge in [-0.2, -0.15) is 5.26 Å². The van der Waals surface area contributed by atoms with E-state index < -0.39 is 11.8 Å². The molecular weight excluding hydrogens is 391 g/mol. The highest BCUT2D eigenvalue weighted by Crippen LogP contribution is 2.47. The predicted octanol–water partition coefficient (Wildman–Crippen LogP) is 6.09. The van der Waals surface area contributed by atoms with Gasteiger partial charge in [0.1, 0.15) is 0 Å². The Morgan fingerprint density at radius 3 is 2.54 bits per heavy atom. The number of allylic oxidation sites excluding steroid dienone is 2. The second-order valence-corrected chi connectivity index (χ2v) is 8.15. The Hall–Kier alpha value is -2.41. The summed E-state index contributed by atoms with van der Waals surface area (Å²) in [7, 11) is 0. The molecule has 3 nitrogen and oxygen atoms in total. The third-order valence-corrected chi connectivity index (χ3v) is 6.16. The molecule has 0 saturated heterocycles. The number of benzene rings is 2. The molecule has 3 unspecified atom stereocenters. The molecule has 1 aliphatic heterocycles. The topological polar surface area (TPSA) is 53.2 Å². The lowest BCUT2D eigenvalue weighted by atomic mass is 9.69. The maximum atomic E-state index is 13.2. The highest BCUT2D eigenvalue weighted by Gasteiger charge is 2.42. The molecule has 0 saturated carbocycles. The molecule has 140 valence electrons. The number of nitriles is 1. The van der Waals surface area contributed by atoms with Crippen LogP contribution >= 0.6 is 23.2 Å². The van der Waals surface area contributed by atoms with Gasteiger partial charge in [-0.25, -0.2) is 0 Å². The van der Waals surface area contributed by atoms with E-state index in [1.165, 1.54) is 0 Å². The maximum absolute atomic E-state index is 13.2. The maximum Gasteiger partial charge on any atom is 0.161 e. The van der Waals surface area contributed by atoms with Gasteiger partial charge in [0.2, 0.25) is 0 Å². The van der Waals surface area contributed by atoms with Crippen LogP contribution in [0.4, 0.5) is 0 Å². The Labute approximate surface area is 174 Å². The number of aliphatic imine (C=N–C) groups is 1. The molecule has 0 bridgehead atoms. The summed E-state index contributed by atoms with van der Waals surface area (Å²) in [4.78, 5) is 17.9. The standard InChI is InChI=1S/C23H18Cl2N2O/c1-13-18(12-26)22(17-8-7-16(24)11-19(17)25)23-20(27-13)9-15(10-21(23)28)14-5-3-2-4-6-14/h2-8,11,15,18,22H,9-10H2,1H3. The van der Waals surface area contributed by atoms with Crippen LogP contribution in [0.1, 0.15) is 42.7 Å². The van der Waals surface area contributed by atoms with E-state index in [0.29, 0.717) is 28.5 Å². The van der Waals surface area contributed by atoms with E-state index >= 15 is 0 Å². The minimum atomic E-state index is -0.519. The van der Waals surface area contributed by atoms with E-state index in [2.05, 4.69) is 23.2 Å². The third-order valence-electron chi connectivity index (χ3n) is 5.60. The lowest BCUT2D eigenvalue weighted by Crippen LogP contribution is -2.32. The number of halogens is 2. The largest absolute Gasteiger partial charge is 0.294 e. The van der Waals surface area contributed by atoms with Gasteiger partial charge >= 0.3 is 0 Å². The van der Waals surface area contributed by atoms with Gasteiger partial charge in [0, 0.05) is 39.4 Å². The van der Waals surface area contributed by atoms with Crippen LogP contribution < -0.4 is 0 Å². The second kappa shape index (κ2) is 7.54. The second-order valence-electron chi connectivity index (χ2n) is 7.30. The van der Waals surface area contributed by atoms with Crippen molar-refractivity contribution in [2.24, 2.45) is 10.9 Å². The lowest BCUT2D eigenvalue weighted by Gasteiger charge is -2.35. The summed E-state index contributed by atoms with van der Waals surface area (Å²) in [6, 6.07) is 17.6. The van der Waals surface area contributed by atoms with Gasteiger partial charge in [-0.1, -0.05) is 59.6 Å². The Bertz CT molecular complexity index is 1050. The normalized spacial score (nSPS) is 24.4. The van der Waals surface area contributed by atoms with E-state index in [4.69, 9.17) is 23.2 Å². The molecule has 1 aliphatic carbocycles. The van der Waals surface area contributed by atoms with E-state index in [-0.39, 0.29) is 11.7 Å². The molecule has 0 amide bonds. The molecule has 2 aromatic carbocycles. The Morgan fingerprint density at radius 2 is 1.86 bits per heavy atom. The summed E-state index contributed by atoms with van der Waals surface area (Å²) in [5.41, 5.74) is 4.03. The van der Waals surface area contributed by atoms with Crippen molar-refractivity contribution in [2.45, 2.75) is 31.6 Å². The number of hydrogen-bond donors (Lipinski definition) is 0. The summed E-state index contributed by atoms with van der Waals surface area (Å²) in [6.45, 7) is 1.85. The number of carbonyl (C=O) groups excluding carboxylic acids is 1. The van der Waals surface area contributed by atoms with Crippen molar-refractivity contribution in [2.75, 3.05) is 0 Å². The fraction of sp³-hybridized carbons (Fsp3) is 0.261. The van der Waals surface area contributed by atoms with Crippen LogP contribution in [0.25, 0.3) is 0 Å². The van der Waals surface area contributed by atoms with Gasteiger partial charge in [-0.05, 0) is 42.5 Å². The summed E-state index contributed by atoms with van der Waals surface area (Å²) in [6.07, 6.45) is 1.10. The van der Waals surface area contributed by atoms with Crippen molar-refractivity contribution in [3.8, 4) is 6.07 Å². The zero-order valence-electron chi connectivity index (χ0n) is 15.3. The monoisotopic (exact) mass is 408 g/mol. The van der Waals surface area contributed by atoms with Crippen molar-refractivity contribution in [1.82, 2.24) is 0 Å². The molecule has 2 aromatic rings. The number of hydrogen-bond acceptors (Lipinski definition) is 3. The first-order valence-corrected chi connectivity index (χ1v) is 9.96. The molecule has 2 aliphatic rings. The van der Waals surface area contributed by atoms with Gasteiger partial charge in [0.25, 0.3) is 0 Å². The molecule has 0 spiro atoms. The van der Waals surface area contributed by atoms with E-state index in [1.807, 2.05) is 31.2 Å². The van der Waals surface area contributed by atoms with Crippen LogP contribution in [0.5, 0.6) is 0 Å². The van der Waals surface area contributed by atoms with E-state index in [1.54, 1.807) is 12.1 Å². The molecule has 0 radical (unpaired) electrons. The van der Waals surface area contributed by atoms with Gasteiger partial charge in [-0.3, -0.25) is 9.79 Å². The van der Waals surface area contributed by atoms with Crippen LogP contribution in [0, 0.1) is 17.2 Å². The first-order valence-electron chi connectivity index (χ1n) is 9.20. The first kappa shape index (κ1) is 18.9. The molecular formula is C23H18Cl2N2O. The van der Waals surface area contributed by atoms with Crippen molar-refractivity contribution in [3.05, 3.63) is 81.0 Å². The number of Topliss-reactive ketones (excluding diaryl/α,β-unsaturated/α-hetero) is 1. The van der Waals surface area contributed by atoms with Gasteiger partial charge in [-0.15, -0.1) is 0 Å². The number of carbonyl (C=O) groups is 1. The molecule has 0 fully saturated rings. The fourth-order valence-electron chi connectivity index (χ4n) is 4.28. The SMILES string of the molecule is CC1=NC2=C(C(=O)CC(c3ccccc3)C2)C(c2ccc(Cl)cc2Cl)C1C#N. The van der Waals surface area contributed by atoms with Gasteiger partial charge < -0.3 is 0 Å². The van der Waals surface area contributed by atoms with Crippen molar-refractivity contribution in [1.29, 1.82) is 5.26 Å². The Kier molecular flexibility index (Phi) is 5.10. The molecule has 28 heavy (non-hydrogen) atoms.